The molecule has 1 fully saturated rings. The maximum atomic E-state index is 11.7. The van der Waals surface area contributed by atoms with E-state index < -0.39 is 18.0 Å². The van der Waals surface area contributed by atoms with E-state index in [0.29, 0.717) is 24.3 Å². The Morgan fingerprint density at radius 3 is 3.05 bits per heavy atom. The first-order chi connectivity index (χ1) is 9.24. The van der Waals surface area contributed by atoms with Gasteiger partial charge >= 0.3 is 11.9 Å². The van der Waals surface area contributed by atoms with Gasteiger partial charge in [0.2, 0.25) is 6.10 Å². The standard InChI is InChI=1S/C13H11NO5/c15-12(18-11-5-6-17-13(11)16)7-9-8-3-1-2-4-10(8)19-14-9/h1-4,11H,5-7H2/t11-/m0/s1. The van der Waals surface area contributed by atoms with E-state index in [2.05, 4.69) is 5.16 Å². The number of aromatic nitrogens is 1. The maximum absolute atomic E-state index is 11.7. The second-order valence-electron chi connectivity index (χ2n) is 4.24. The van der Waals surface area contributed by atoms with Crippen LogP contribution in [0.15, 0.2) is 28.8 Å². The topological polar surface area (TPSA) is 78.6 Å². The van der Waals surface area contributed by atoms with Crippen LogP contribution in [0.5, 0.6) is 0 Å². The molecule has 1 saturated heterocycles. The summed E-state index contributed by atoms with van der Waals surface area (Å²) >= 11 is 0. The first-order valence-electron chi connectivity index (χ1n) is 5.93. The molecule has 0 spiro atoms. The van der Waals surface area contributed by atoms with Crippen LogP contribution < -0.4 is 0 Å². The number of cyclic esters (lactones) is 1. The highest BCUT2D eigenvalue weighted by molar-refractivity contribution is 5.85. The summed E-state index contributed by atoms with van der Waals surface area (Å²) in [7, 11) is 0. The molecular weight excluding hydrogens is 250 g/mol. The van der Waals surface area contributed by atoms with Crippen LogP contribution in [-0.2, 0) is 25.5 Å². The third-order valence-electron chi connectivity index (χ3n) is 2.92. The molecule has 0 radical (unpaired) electrons. The van der Waals surface area contributed by atoms with Gasteiger partial charge in [0.05, 0.1) is 13.0 Å². The first kappa shape index (κ1) is 11.7. The van der Waals surface area contributed by atoms with Crippen molar-refractivity contribution in [2.24, 2.45) is 0 Å². The Hall–Kier alpha value is -2.37. The lowest BCUT2D eigenvalue weighted by atomic mass is 10.2. The predicted octanol–water partition coefficient (Wildman–Crippen LogP) is 1.23. The molecule has 0 unspecified atom stereocenters. The van der Waals surface area contributed by atoms with Crippen LogP contribution in [0.3, 0.4) is 0 Å². The molecule has 0 bridgehead atoms. The van der Waals surface area contributed by atoms with Gasteiger partial charge in [0.1, 0.15) is 5.69 Å². The van der Waals surface area contributed by atoms with E-state index in [1.165, 1.54) is 0 Å². The zero-order chi connectivity index (χ0) is 13.2. The molecule has 3 rings (SSSR count). The minimum absolute atomic E-state index is 0.0270. The Kier molecular flexibility index (Phi) is 2.91. The average molecular weight is 261 g/mol. The zero-order valence-electron chi connectivity index (χ0n) is 10.00. The highest BCUT2D eigenvalue weighted by Gasteiger charge is 2.30. The summed E-state index contributed by atoms with van der Waals surface area (Å²) in [6, 6.07) is 7.25. The molecule has 1 aromatic heterocycles. The van der Waals surface area contributed by atoms with Crippen molar-refractivity contribution < 1.29 is 23.6 Å². The lowest BCUT2D eigenvalue weighted by Crippen LogP contribution is -2.23. The molecule has 0 N–H and O–H groups in total. The quantitative estimate of drug-likeness (QED) is 0.773. The number of rotatable bonds is 3. The third kappa shape index (κ3) is 2.29. The van der Waals surface area contributed by atoms with Crippen molar-refractivity contribution >= 4 is 22.9 Å². The molecule has 1 aliphatic heterocycles. The van der Waals surface area contributed by atoms with Crippen molar-refractivity contribution in [2.75, 3.05) is 6.61 Å². The minimum Gasteiger partial charge on any atom is -0.463 e. The molecular formula is C13H11NO5. The SMILES string of the molecule is O=C(Cc1noc2ccccc12)O[C@H]1CCOC1=O. The van der Waals surface area contributed by atoms with Crippen LogP contribution >= 0.6 is 0 Å². The second kappa shape index (κ2) is 4.72. The van der Waals surface area contributed by atoms with Gasteiger partial charge in [-0.05, 0) is 12.1 Å². The van der Waals surface area contributed by atoms with Crippen LogP contribution in [0.25, 0.3) is 11.0 Å². The van der Waals surface area contributed by atoms with Gasteiger partial charge in [0, 0.05) is 11.8 Å². The molecule has 0 saturated carbocycles. The first-order valence-corrected chi connectivity index (χ1v) is 5.93. The van der Waals surface area contributed by atoms with Gasteiger partial charge in [-0.15, -0.1) is 0 Å². The molecule has 2 aromatic rings. The number of esters is 2. The van der Waals surface area contributed by atoms with Gasteiger partial charge in [-0.25, -0.2) is 4.79 Å². The van der Waals surface area contributed by atoms with Crippen LogP contribution in [0.2, 0.25) is 0 Å². The van der Waals surface area contributed by atoms with Gasteiger partial charge < -0.3 is 14.0 Å². The summed E-state index contributed by atoms with van der Waals surface area (Å²) in [6.07, 6.45) is -0.407. The van der Waals surface area contributed by atoms with Crippen molar-refractivity contribution in [3.8, 4) is 0 Å². The summed E-state index contributed by atoms with van der Waals surface area (Å²) in [5.41, 5.74) is 1.12. The van der Waals surface area contributed by atoms with E-state index in [0.717, 1.165) is 5.39 Å². The largest absolute Gasteiger partial charge is 0.463 e. The summed E-state index contributed by atoms with van der Waals surface area (Å²) in [5.74, 6) is -0.999. The van der Waals surface area contributed by atoms with Gasteiger partial charge in [-0.3, -0.25) is 4.79 Å². The number of benzene rings is 1. The third-order valence-corrected chi connectivity index (χ3v) is 2.92. The monoisotopic (exact) mass is 261 g/mol. The number of nitrogens with zero attached hydrogens (tertiary/aromatic N) is 1. The highest BCUT2D eigenvalue weighted by Crippen LogP contribution is 2.19. The normalized spacial score (nSPS) is 18.5. The molecule has 1 atom stereocenters. The number of carbonyl (C=O) groups is 2. The number of para-hydroxylation sites is 1. The van der Waals surface area contributed by atoms with Crippen molar-refractivity contribution in [3.63, 3.8) is 0 Å². The lowest BCUT2D eigenvalue weighted by molar-refractivity contribution is -0.159. The van der Waals surface area contributed by atoms with E-state index >= 15 is 0 Å². The Morgan fingerprint density at radius 1 is 1.42 bits per heavy atom. The Labute approximate surface area is 108 Å². The Morgan fingerprint density at radius 2 is 2.26 bits per heavy atom. The van der Waals surface area contributed by atoms with Crippen molar-refractivity contribution in [1.29, 1.82) is 0 Å². The van der Waals surface area contributed by atoms with Gasteiger partial charge in [-0.2, -0.15) is 0 Å². The van der Waals surface area contributed by atoms with E-state index in [1.807, 2.05) is 18.2 Å². The fraction of sp³-hybridized carbons (Fsp3) is 0.308. The van der Waals surface area contributed by atoms with E-state index in [-0.39, 0.29) is 6.42 Å². The van der Waals surface area contributed by atoms with Crippen LogP contribution in [0, 0.1) is 0 Å². The Balaban J connectivity index is 1.71. The van der Waals surface area contributed by atoms with Crippen LogP contribution in [0.1, 0.15) is 12.1 Å². The summed E-state index contributed by atoms with van der Waals surface area (Å²) in [5, 5.41) is 4.61. The molecule has 1 aromatic carbocycles. The van der Waals surface area contributed by atoms with Crippen molar-refractivity contribution in [1.82, 2.24) is 5.16 Å². The summed E-state index contributed by atoms with van der Waals surface area (Å²) in [6.45, 7) is 0.295. The van der Waals surface area contributed by atoms with E-state index in [1.54, 1.807) is 6.07 Å². The molecule has 2 heterocycles. The fourth-order valence-electron chi connectivity index (χ4n) is 1.99. The number of carbonyl (C=O) groups excluding carboxylic acids is 2. The average Bonchev–Trinajstić information content (AvgIpc) is 2.98. The molecule has 19 heavy (non-hydrogen) atoms. The van der Waals surface area contributed by atoms with Gasteiger partial charge in [0.25, 0.3) is 0 Å². The zero-order valence-corrected chi connectivity index (χ0v) is 10.00. The molecule has 0 amide bonds. The second-order valence-corrected chi connectivity index (χ2v) is 4.24. The number of hydrogen-bond donors (Lipinski definition) is 0. The Bertz CT molecular complexity index is 633. The fourth-order valence-corrected chi connectivity index (χ4v) is 1.99. The summed E-state index contributed by atoms with van der Waals surface area (Å²) in [4.78, 5) is 22.9. The number of ether oxygens (including phenoxy) is 2. The van der Waals surface area contributed by atoms with E-state index in [9.17, 15) is 9.59 Å². The highest BCUT2D eigenvalue weighted by atomic mass is 16.6. The maximum Gasteiger partial charge on any atom is 0.347 e. The van der Waals surface area contributed by atoms with E-state index in [4.69, 9.17) is 14.0 Å². The minimum atomic E-state index is -0.786. The lowest BCUT2D eigenvalue weighted by Gasteiger charge is -2.06. The molecule has 0 aliphatic carbocycles. The smallest absolute Gasteiger partial charge is 0.347 e. The molecule has 98 valence electrons. The van der Waals surface area contributed by atoms with Crippen molar-refractivity contribution in [3.05, 3.63) is 30.0 Å². The van der Waals surface area contributed by atoms with Crippen LogP contribution in [0.4, 0.5) is 0 Å². The van der Waals surface area contributed by atoms with Gasteiger partial charge in [-0.1, -0.05) is 17.3 Å². The number of hydrogen-bond acceptors (Lipinski definition) is 6. The predicted molar refractivity (Wildman–Crippen MR) is 63.2 cm³/mol. The van der Waals surface area contributed by atoms with Crippen molar-refractivity contribution in [2.45, 2.75) is 18.9 Å². The molecule has 1 aliphatic rings. The number of fused-ring (bicyclic) bond motifs is 1. The summed E-state index contributed by atoms with van der Waals surface area (Å²) < 4.78 is 14.9. The molecule has 6 heteroatoms. The molecule has 6 nitrogen and oxygen atoms in total. The van der Waals surface area contributed by atoms with Gasteiger partial charge in [0.15, 0.2) is 5.58 Å². The van der Waals surface area contributed by atoms with Crippen LogP contribution in [-0.4, -0.2) is 29.8 Å².